The number of hydrogen-bond acceptors (Lipinski definition) is 6. The highest BCUT2D eigenvalue weighted by Gasteiger charge is 2.13. The number of ether oxygens (including phenoxy) is 1. The average molecular weight is 366 g/mol. The Morgan fingerprint density at radius 1 is 1.48 bits per heavy atom. The maximum Gasteiger partial charge on any atom is 0.419 e. The molecule has 0 spiro atoms. The highest BCUT2D eigenvalue weighted by atomic mass is 32.2. The summed E-state index contributed by atoms with van der Waals surface area (Å²) in [5, 5.41) is 14.0. The Morgan fingerprint density at radius 2 is 2.28 bits per heavy atom. The van der Waals surface area contributed by atoms with Crippen molar-refractivity contribution in [1.82, 2.24) is 20.2 Å². The number of rotatable bonds is 9. The van der Waals surface area contributed by atoms with Crippen molar-refractivity contribution in [3.8, 4) is 6.19 Å². The molecule has 0 amide bonds. The van der Waals surface area contributed by atoms with Gasteiger partial charge in [0.15, 0.2) is 6.19 Å². The van der Waals surface area contributed by atoms with E-state index in [4.69, 9.17) is 10.00 Å². The van der Waals surface area contributed by atoms with Crippen molar-refractivity contribution >= 4 is 23.8 Å². The molecular formula is C16H26N6O2S. The zero-order valence-electron chi connectivity index (χ0n) is 15.0. The van der Waals surface area contributed by atoms with Crippen molar-refractivity contribution in [2.75, 3.05) is 19.5 Å². The predicted octanol–water partition coefficient (Wildman–Crippen LogP) is 2.59. The minimum Gasteiger partial charge on any atom is -0.449 e. The van der Waals surface area contributed by atoms with Crippen LogP contribution in [0.3, 0.4) is 0 Å². The minimum absolute atomic E-state index is 0.380. The van der Waals surface area contributed by atoms with Crippen LogP contribution in [0.4, 0.5) is 4.79 Å². The third-order valence-electron chi connectivity index (χ3n) is 3.51. The minimum atomic E-state index is -0.380. The second-order valence-corrected chi connectivity index (χ2v) is 6.29. The van der Waals surface area contributed by atoms with Gasteiger partial charge in [0, 0.05) is 18.5 Å². The van der Waals surface area contributed by atoms with E-state index in [1.54, 1.807) is 18.8 Å². The molecule has 0 aromatic carbocycles. The van der Waals surface area contributed by atoms with Crippen LogP contribution in [0.25, 0.3) is 0 Å². The monoisotopic (exact) mass is 366 g/mol. The van der Waals surface area contributed by atoms with Gasteiger partial charge in [0.25, 0.3) is 0 Å². The topological polar surface area (TPSA) is 104 Å². The first kappa shape index (κ1) is 20.8. The Bertz CT molecular complexity index is 608. The summed E-state index contributed by atoms with van der Waals surface area (Å²) >= 11 is 1.57. The van der Waals surface area contributed by atoms with E-state index in [1.807, 2.05) is 13.1 Å². The molecule has 0 radical (unpaired) electrons. The summed E-state index contributed by atoms with van der Waals surface area (Å²) in [6.07, 6.45) is 7.21. The molecular weight excluding hydrogens is 340 g/mol. The largest absolute Gasteiger partial charge is 0.449 e. The fraction of sp³-hybridized carbons (Fsp3) is 0.625. The van der Waals surface area contributed by atoms with Gasteiger partial charge in [-0.25, -0.2) is 14.3 Å². The quantitative estimate of drug-likeness (QED) is 0.173. The molecule has 0 saturated heterocycles. The SMILES string of the molecule is CCCCCCOC(=O)n1cnc(CSCNC(=NC)NC#N)c1C. The second-order valence-electron chi connectivity index (χ2n) is 5.30. The molecule has 0 fully saturated rings. The van der Waals surface area contributed by atoms with E-state index in [0.717, 1.165) is 37.1 Å². The van der Waals surface area contributed by atoms with Gasteiger partial charge in [-0.2, -0.15) is 5.26 Å². The number of aliphatic imine (C=N–C) groups is 1. The highest BCUT2D eigenvalue weighted by molar-refractivity contribution is 7.98. The first-order valence-corrected chi connectivity index (χ1v) is 9.42. The summed E-state index contributed by atoms with van der Waals surface area (Å²) < 4.78 is 6.72. The van der Waals surface area contributed by atoms with Crippen LogP contribution in [0.1, 0.15) is 44.0 Å². The Balaban J connectivity index is 2.38. The molecule has 0 atom stereocenters. The zero-order valence-corrected chi connectivity index (χ0v) is 15.9. The molecule has 138 valence electrons. The molecule has 1 aromatic rings. The molecule has 0 aliphatic heterocycles. The molecule has 0 saturated carbocycles. The Morgan fingerprint density at radius 3 is 2.96 bits per heavy atom. The van der Waals surface area contributed by atoms with Crippen molar-refractivity contribution in [1.29, 1.82) is 5.26 Å². The van der Waals surface area contributed by atoms with E-state index in [1.165, 1.54) is 10.9 Å². The van der Waals surface area contributed by atoms with Gasteiger partial charge in [-0.3, -0.25) is 10.3 Å². The standard InChI is InChI=1S/C16H26N6O2S/c1-4-5-6-7-8-24-16(23)22-11-20-14(13(22)2)9-25-12-21-15(18-3)19-10-17/h11H,4-9,12H2,1-3H3,(H2,18,19,21). The predicted molar refractivity (Wildman–Crippen MR) is 99.3 cm³/mol. The van der Waals surface area contributed by atoms with Crippen LogP contribution in [0.5, 0.6) is 0 Å². The van der Waals surface area contributed by atoms with Crippen molar-refractivity contribution in [2.24, 2.45) is 4.99 Å². The van der Waals surface area contributed by atoms with Crippen LogP contribution in [-0.2, 0) is 10.5 Å². The number of nitriles is 1. The maximum atomic E-state index is 12.1. The molecule has 25 heavy (non-hydrogen) atoms. The summed E-state index contributed by atoms with van der Waals surface area (Å²) in [4.78, 5) is 20.2. The van der Waals surface area contributed by atoms with Crippen molar-refractivity contribution in [2.45, 2.75) is 45.3 Å². The smallest absolute Gasteiger partial charge is 0.419 e. The zero-order chi connectivity index (χ0) is 18.5. The molecule has 0 bridgehead atoms. The van der Waals surface area contributed by atoms with E-state index in [9.17, 15) is 4.79 Å². The Kier molecular flexibility index (Phi) is 10.2. The number of unbranched alkanes of at least 4 members (excludes halogenated alkanes) is 3. The molecule has 1 aromatic heterocycles. The van der Waals surface area contributed by atoms with Gasteiger partial charge in [0.1, 0.15) is 6.33 Å². The van der Waals surface area contributed by atoms with Crippen LogP contribution in [0, 0.1) is 18.4 Å². The molecule has 8 nitrogen and oxygen atoms in total. The van der Waals surface area contributed by atoms with Crippen molar-refractivity contribution < 1.29 is 9.53 Å². The third-order valence-corrected chi connectivity index (χ3v) is 4.33. The number of hydrogen-bond donors (Lipinski definition) is 2. The maximum absolute atomic E-state index is 12.1. The molecule has 1 heterocycles. The van der Waals surface area contributed by atoms with Gasteiger partial charge in [0.2, 0.25) is 5.96 Å². The highest BCUT2D eigenvalue weighted by Crippen LogP contribution is 2.14. The van der Waals surface area contributed by atoms with Gasteiger partial charge in [0.05, 0.1) is 18.2 Å². The summed E-state index contributed by atoms with van der Waals surface area (Å²) in [5.41, 5.74) is 1.61. The molecule has 1 rings (SSSR count). The lowest BCUT2D eigenvalue weighted by Gasteiger charge is -2.07. The van der Waals surface area contributed by atoms with Crippen LogP contribution >= 0.6 is 11.8 Å². The van der Waals surface area contributed by atoms with E-state index in [-0.39, 0.29) is 6.09 Å². The summed E-state index contributed by atoms with van der Waals surface area (Å²) in [6, 6.07) is 0. The first-order chi connectivity index (χ1) is 12.1. The lowest BCUT2D eigenvalue weighted by Crippen LogP contribution is -2.33. The van der Waals surface area contributed by atoms with E-state index in [0.29, 0.717) is 24.2 Å². The molecule has 2 N–H and O–H groups in total. The lowest BCUT2D eigenvalue weighted by atomic mass is 10.2. The fourth-order valence-corrected chi connectivity index (χ4v) is 2.85. The van der Waals surface area contributed by atoms with Crippen LogP contribution in [0.15, 0.2) is 11.3 Å². The van der Waals surface area contributed by atoms with Crippen molar-refractivity contribution in [3.05, 3.63) is 17.7 Å². The fourth-order valence-electron chi connectivity index (χ4n) is 2.03. The number of nitrogens with one attached hydrogen (secondary N) is 2. The van der Waals surface area contributed by atoms with Crippen LogP contribution < -0.4 is 10.6 Å². The van der Waals surface area contributed by atoms with Gasteiger partial charge in [-0.1, -0.05) is 26.2 Å². The van der Waals surface area contributed by atoms with Crippen molar-refractivity contribution in [3.63, 3.8) is 0 Å². The van der Waals surface area contributed by atoms with Gasteiger partial charge >= 0.3 is 6.09 Å². The van der Waals surface area contributed by atoms with E-state index < -0.39 is 0 Å². The van der Waals surface area contributed by atoms with Gasteiger partial charge in [-0.15, -0.1) is 11.8 Å². The molecule has 9 heteroatoms. The summed E-state index contributed by atoms with van der Waals surface area (Å²) in [5.74, 6) is 1.62. The Hall–Kier alpha value is -2.21. The van der Waals surface area contributed by atoms with Gasteiger partial charge < -0.3 is 10.1 Å². The first-order valence-electron chi connectivity index (χ1n) is 8.27. The molecule has 0 unspecified atom stereocenters. The van der Waals surface area contributed by atoms with Gasteiger partial charge in [-0.05, 0) is 13.3 Å². The van der Waals surface area contributed by atoms with E-state index in [2.05, 4.69) is 27.5 Å². The van der Waals surface area contributed by atoms with Crippen LogP contribution in [0.2, 0.25) is 0 Å². The number of aromatic nitrogens is 2. The Labute approximate surface area is 153 Å². The molecule has 0 aliphatic carbocycles. The number of carbonyl (C=O) groups excluding carboxylic acids is 1. The number of carbonyl (C=O) groups is 1. The number of imidazole rings is 1. The second kappa shape index (κ2) is 12.2. The number of nitrogens with zero attached hydrogens (tertiary/aromatic N) is 4. The molecule has 0 aliphatic rings. The average Bonchev–Trinajstić information content (AvgIpc) is 2.98. The van der Waals surface area contributed by atoms with Crippen LogP contribution in [-0.4, -0.2) is 41.1 Å². The normalized spacial score (nSPS) is 11.0. The van der Waals surface area contributed by atoms with E-state index >= 15 is 0 Å². The lowest BCUT2D eigenvalue weighted by molar-refractivity contribution is 0.145. The number of thioether (sulfide) groups is 1. The summed E-state index contributed by atoms with van der Waals surface area (Å²) in [7, 11) is 1.59. The third kappa shape index (κ3) is 7.47. The number of guanidine groups is 1. The summed E-state index contributed by atoms with van der Waals surface area (Å²) in [6.45, 7) is 4.44.